The van der Waals surface area contributed by atoms with Gasteiger partial charge in [0.15, 0.2) is 6.29 Å². The van der Waals surface area contributed by atoms with Gasteiger partial charge in [-0.15, -0.1) is 0 Å². The van der Waals surface area contributed by atoms with Gasteiger partial charge in [-0.25, -0.2) is 0 Å². The summed E-state index contributed by atoms with van der Waals surface area (Å²) in [6, 6.07) is 5.24. The molecule has 20 heavy (non-hydrogen) atoms. The first-order valence-corrected chi connectivity index (χ1v) is 6.76. The van der Waals surface area contributed by atoms with Crippen LogP contribution in [0.4, 0.5) is 5.69 Å². The molecule has 0 saturated heterocycles. The molecule has 0 fully saturated rings. The summed E-state index contributed by atoms with van der Waals surface area (Å²) in [5.41, 5.74) is 1.68. The van der Waals surface area contributed by atoms with Crippen LogP contribution in [0.25, 0.3) is 0 Å². The highest BCUT2D eigenvalue weighted by Gasteiger charge is 2.11. The highest BCUT2D eigenvalue weighted by Crippen LogP contribution is 2.19. The molecular formula is C14H22N2O4. The molecule has 1 rings (SSSR count). The van der Waals surface area contributed by atoms with Crippen LogP contribution in [0, 0.1) is 17.0 Å². The summed E-state index contributed by atoms with van der Waals surface area (Å²) in [6.45, 7) is 7.81. The molecule has 0 aliphatic carbocycles. The lowest BCUT2D eigenvalue weighted by molar-refractivity contribution is -0.385. The van der Waals surface area contributed by atoms with Gasteiger partial charge in [0, 0.05) is 37.9 Å². The predicted octanol–water partition coefficient (Wildman–Crippen LogP) is 2.39. The van der Waals surface area contributed by atoms with Gasteiger partial charge >= 0.3 is 0 Å². The Balaban J connectivity index is 2.53. The van der Waals surface area contributed by atoms with E-state index in [4.69, 9.17) is 9.47 Å². The van der Waals surface area contributed by atoms with Crippen molar-refractivity contribution in [2.24, 2.45) is 0 Å². The molecule has 0 saturated carbocycles. The number of nitro groups is 1. The van der Waals surface area contributed by atoms with E-state index in [9.17, 15) is 10.1 Å². The van der Waals surface area contributed by atoms with E-state index in [2.05, 4.69) is 5.32 Å². The molecule has 0 aliphatic heterocycles. The van der Waals surface area contributed by atoms with Gasteiger partial charge in [0.25, 0.3) is 5.69 Å². The third kappa shape index (κ3) is 5.24. The van der Waals surface area contributed by atoms with E-state index in [-0.39, 0.29) is 16.9 Å². The zero-order valence-corrected chi connectivity index (χ0v) is 12.2. The molecule has 0 spiro atoms. The van der Waals surface area contributed by atoms with Gasteiger partial charge < -0.3 is 14.8 Å². The number of ether oxygens (including phenoxy) is 2. The van der Waals surface area contributed by atoms with Crippen LogP contribution in [0.5, 0.6) is 0 Å². The van der Waals surface area contributed by atoms with E-state index >= 15 is 0 Å². The van der Waals surface area contributed by atoms with Crippen molar-refractivity contribution < 1.29 is 14.4 Å². The molecule has 1 aromatic carbocycles. The van der Waals surface area contributed by atoms with Crippen molar-refractivity contribution in [2.75, 3.05) is 19.8 Å². The number of nitrogens with zero attached hydrogens (tertiary/aromatic N) is 1. The molecule has 0 atom stereocenters. The standard InChI is InChI=1S/C14H22N2O4/c1-4-19-14(20-5-2)10-15-9-12-7-6-11(3)13(8-12)16(17)18/h6-8,14-15H,4-5,9-10H2,1-3H3. The number of rotatable bonds is 9. The Morgan fingerprint density at radius 1 is 1.30 bits per heavy atom. The maximum absolute atomic E-state index is 10.9. The maximum Gasteiger partial charge on any atom is 0.272 e. The Labute approximate surface area is 119 Å². The summed E-state index contributed by atoms with van der Waals surface area (Å²) in [5, 5.41) is 14.1. The van der Waals surface area contributed by atoms with Crippen LogP contribution < -0.4 is 5.32 Å². The molecule has 6 heteroatoms. The van der Waals surface area contributed by atoms with Crippen LogP contribution in [0.2, 0.25) is 0 Å². The van der Waals surface area contributed by atoms with Crippen molar-refractivity contribution >= 4 is 5.69 Å². The van der Waals surface area contributed by atoms with Gasteiger partial charge in [-0.05, 0) is 26.3 Å². The molecule has 0 unspecified atom stereocenters. The summed E-state index contributed by atoms with van der Waals surface area (Å²) in [6.07, 6.45) is -0.287. The first-order chi connectivity index (χ1) is 9.58. The monoisotopic (exact) mass is 282 g/mol. The van der Waals surface area contributed by atoms with Gasteiger partial charge in [-0.2, -0.15) is 0 Å². The van der Waals surface area contributed by atoms with Crippen molar-refractivity contribution in [1.82, 2.24) is 5.32 Å². The van der Waals surface area contributed by atoms with Crippen molar-refractivity contribution in [3.05, 3.63) is 39.4 Å². The summed E-state index contributed by atoms with van der Waals surface area (Å²) in [5.74, 6) is 0. The summed E-state index contributed by atoms with van der Waals surface area (Å²) in [4.78, 5) is 10.5. The molecule has 112 valence electrons. The first-order valence-electron chi connectivity index (χ1n) is 6.76. The van der Waals surface area contributed by atoms with Gasteiger partial charge in [0.2, 0.25) is 0 Å². The van der Waals surface area contributed by atoms with Crippen LogP contribution in [-0.2, 0) is 16.0 Å². The van der Waals surface area contributed by atoms with Crippen molar-refractivity contribution in [3.8, 4) is 0 Å². The lowest BCUT2D eigenvalue weighted by Crippen LogP contribution is -2.31. The highest BCUT2D eigenvalue weighted by molar-refractivity contribution is 5.42. The second-order valence-electron chi connectivity index (χ2n) is 4.35. The number of aryl methyl sites for hydroxylation is 1. The topological polar surface area (TPSA) is 73.6 Å². The van der Waals surface area contributed by atoms with Crippen LogP contribution >= 0.6 is 0 Å². The molecule has 6 nitrogen and oxygen atoms in total. The zero-order chi connectivity index (χ0) is 15.0. The number of nitrogens with one attached hydrogen (secondary N) is 1. The largest absolute Gasteiger partial charge is 0.352 e. The minimum Gasteiger partial charge on any atom is -0.352 e. The SMILES string of the molecule is CCOC(CNCc1ccc(C)c([N+](=O)[O-])c1)OCC. The predicted molar refractivity (Wildman–Crippen MR) is 76.6 cm³/mol. The Morgan fingerprint density at radius 3 is 2.50 bits per heavy atom. The number of hydrogen-bond donors (Lipinski definition) is 1. The average molecular weight is 282 g/mol. The van der Waals surface area contributed by atoms with Crippen molar-refractivity contribution in [2.45, 2.75) is 33.6 Å². The molecule has 0 radical (unpaired) electrons. The summed E-state index contributed by atoms with van der Waals surface area (Å²) >= 11 is 0. The third-order valence-corrected chi connectivity index (χ3v) is 2.82. The summed E-state index contributed by atoms with van der Waals surface area (Å²) < 4.78 is 10.8. The third-order valence-electron chi connectivity index (χ3n) is 2.82. The molecule has 1 aromatic rings. The van der Waals surface area contributed by atoms with Crippen molar-refractivity contribution in [3.63, 3.8) is 0 Å². The quantitative estimate of drug-likeness (QED) is 0.427. The Morgan fingerprint density at radius 2 is 1.95 bits per heavy atom. The average Bonchev–Trinajstić information content (AvgIpc) is 2.41. The van der Waals surface area contributed by atoms with E-state index in [0.29, 0.717) is 31.9 Å². The molecule has 0 aliphatic rings. The van der Waals surface area contributed by atoms with Crippen LogP contribution in [0.15, 0.2) is 18.2 Å². The van der Waals surface area contributed by atoms with Gasteiger partial charge in [0.05, 0.1) is 4.92 Å². The fourth-order valence-corrected chi connectivity index (χ4v) is 1.83. The minimum absolute atomic E-state index is 0.149. The van der Waals surface area contributed by atoms with E-state index in [1.165, 1.54) is 0 Å². The van der Waals surface area contributed by atoms with Crippen molar-refractivity contribution in [1.29, 1.82) is 0 Å². The normalized spacial score (nSPS) is 11.0. The second kappa shape index (κ2) is 8.63. The number of nitro benzene ring substituents is 1. The molecule has 0 amide bonds. The fraction of sp³-hybridized carbons (Fsp3) is 0.571. The maximum atomic E-state index is 10.9. The Kier molecular flexibility index (Phi) is 7.14. The number of benzene rings is 1. The van der Waals surface area contributed by atoms with E-state index in [1.807, 2.05) is 19.9 Å². The van der Waals surface area contributed by atoms with Crippen LogP contribution in [0.3, 0.4) is 0 Å². The van der Waals surface area contributed by atoms with E-state index in [0.717, 1.165) is 5.56 Å². The van der Waals surface area contributed by atoms with E-state index < -0.39 is 0 Å². The van der Waals surface area contributed by atoms with Gasteiger partial charge in [-0.1, -0.05) is 12.1 Å². The molecule has 0 bridgehead atoms. The number of hydrogen-bond acceptors (Lipinski definition) is 5. The Bertz CT molecular complexity index is 431. The smallest absolute Gasteiger partial charge is 0.272 e. The zero-order valence-electron chi connectivity index (χ0n) is 12.2. The highest BCUT2D eigenvalue weighted by atomic mass is 16.7. The minimum atomic E-state index is -0.359. The second-order valence-corrected chi connectivity index (χ2v) is 4.35. The molecule has 0 aromatic heterocycles. The van der Waals surface area contributed by atoms with E-state index in [1.54, 1.807) is 19.1 Å². The Hall–Kier alpha value is -1.50. The lowest BCUT2D eigenvalue weighted by Gasteiger charge is -2.17. The summed E-state index contributed by atoms with van der Waals surface area (Å²) in [7, 11) is 0. The first kappa shape index (κ1) is 16.6. The lowest BCUT2D eigenvalue weighted by atomic mass is 10.1. The van der Waals surface area contributed by atoms with Gasteiger partial charge in [0.1, 0.15) is 0 Å². The molecular weight excluding hydrogens is 260 g/mol. The van der Waals surface area contributed by atoms with Crippen LogP contribution in [0.1, 0.15) is 25.0 Å². The van der Waals surface area contributed by atoms with Gasteiger partial charge in [-0.3, -0.25) is 10.1 Å². The van der Waals surface area contributed by atoms with Crippen LogP contribution in [-0.4, -0.2) is 31.0 Å². The molecule has 1 N–H and O–H groups in total. The fourth-order valence-electron chi connectivity index (χ4n) is 1.83. The molecule has 0 heterocycles.